The van der Waals surface area contributed by atoms with E-state index in [1.165, 1.54) is 22.4 Å². The highest BCUT2D eigenvalue weighted by Gasteiger charge is 2.38. The van der Waals surface area contributed by atoms with Gasteiger partial charge in [-0.25, -0.2) is 0 Å². The normalized spacial score (nSPS) is 28.0. The molecule has 1 fully saturated rings. The second-order valence-electron chi connectivity index (χ2n) is 9.21. The van der Waals surface area contributed by atoms with Crippen LogP contribution in [-0.4, -0.2) is 17.8 Å². The van der Waals surface area contributed by atoms with Crippen LogP contribution in [0.4, 0.5) is 0 Å². The van der Waals surface area contributed by atoms with Gasteiger partial charge < -0.3 is 15.2 Å². The number of allylic oxidation sites excluding steroid dienone is 3. The Bertz CT molecular complexity index is 825. The van der Waals surface area contributed by atoms with Crippen LogP contribution in [0.2, 0.25) is 0 Å². The summed E-state index contributed by atoms with van der Waals surface area (Å²) < 4.78 is 6.24. The van der Waals surface area contributed by atoms with Crippen molar-refractivity contribution in [2.75, 3.05) is 6.61 Å². The first-order chi connectivity index (χ1) is 12.8. The van der Waals surface area contributed by atoms with Crippen LogP contribution in [0.3, 0.4) is 0 Å². The first-order valence-corrected chi connectivity index (χ1v) is 10.1. The molecule has 0 radical (unpaired) electrons. The Morgan fingerprint density at radius 2 is 2.04 bits per heavy atom. The summed E-state index contributed by atoms with van der Waals surface area (Å²) in [6.45, 7) is 9.80. The van der Waals surface area contributed by atoms with Crippen molar-refractivity contribution in [1.29, 1.82) is 0 Å². The second kappa shape index (κ2) is 6.87. The maximum absolute atomic E-state index is 9.80. The zero-order chi connectivity index (χ0) is 19.2. The molecule has 1 aromatic carbocycles. The molecular formula is C24H31NO2. The zero-order valence-electron chi connectivity index (χ0n) is 16.9. The highest BCUT2D eigenvalue weighted by molar-refractivity contribution is 5.45. The minimum Gasteiger partial charge on any atom is -0.508 e. The molecule has 0 bridgehead atoms. The van der Waals surface area contributed by atoms with Crippen LogP contribution in [-0.2, 0) is 4.74 Å². The van der Waals surface area contributed by atoms with Gasteiger partial charge in [0.25, 0.3) is 0 Å². The van der Waals surface area contributed by atoms with Crippen molar-refractivity contribution >= 4 is 0 Å². The summed E-state index contributed by atoms with van der Waals surface area (Å²) in [5, 5.41) is 13.6. The number of hydrogen-bond donors (Lipinski definition) is 2. The average molecular weight is 366 g/mol. The smallest absolute Gasteiger partial charge is 0.115 e. The van der Waals surface area contributed by atoms with E-state index in [1.54, 1.807) is 6.07 Å². The van der Waals surface area contributed by atoms with Gasteiger partial charge in [0.05, 0.1) is 12.1 Å². The first kappa shape index (κ1) is 18.4. The van der Waals surface area contributed by atoms with Crippen molar-refractivity contribution < 1.29 is 9.84 Å². The standard InChI is InChI=1S/C24H31NO2/c1-15-12-18(26)8-9-19(15)22-13-16-10-11-27-23(16)20-14-17(24(2,3)4)6-5-7-21(20)25-22/h5,7-9,12,14,16,22-23,25-26H,6,10-11,13H2,1-4H3. The molecular weight excluding hydrogens is 334 g/mol. The molecule has 0 saturated carbocycles. The molecule has 1 saturated heterocycles. The van der Waals surface area contributed by atoms with Crippen molar-refractivity contribution in [3.8, 4) is 5.75 Å². The summed E-state index contributed by atoms with van der Waals surface area (Å²) in [5.74, 6) is 0.853. The molecule has 3 heteroatoms. The van der Waals surface area contributed by atoms with Crippen molar-refractivity contribution in [2.45, 2.75) is 59.1 Å². The van der Waals surface area contributed by atoms with Gasteiger partial charge in [-0.05, 0) is 66.9 Å². The fourth-order valence-corrected chi connectivity index (χ4v) is 4.64. The predicted octanol–water partition coefficient (Wildman–Crippen LogP) is 5.33. The van der Waals surface area contributed by atoms with Gasteiger partial charge in [0.15, 0.2) is 0 Å². The van der Waals surface area contributed by atoms with E-state index in [4.69, 9.17) is 4.74 Å². The SMILES string of the molecule is Cc1cc(O)ccc1C1CC2CCOC2C2=C(C=CCC(C(C)(C)C)=C2)N1. The molecule has 27 heavy (non-hydrogen) atoms. The van der Waals surface area contributed by atoms with Crippen LogP contribution in [0.25, 0.3) is 0 Å². The van der Waals surface area contributed by atoms with Gasteiger partial charge >= 0.3 is 0 Å². The molecule has 0 aromatic heterocycles. The van der Waals surface area contributed by atoms with E-state index >= 15 is 0 Å². The summed E-state index contributed by atoms with van der Waals surface area (Å²) >= 11 is 0. The van der Waals surface area contributed by atoms with Crippen molar-refractivity contribution in [1.82, 2.24) is 5.32 Å². The Balaban J connectivity index is 1.78. The Labute approximate surface area is 162 Å². The third kappa shape index (κ3) is 3.58. The molecule has 1 aliphatic carbocycles. The van der Waals surface area contributed by atoms with Gasteiger partial charge in [0.2, 0.25) is 0 Å². The molecule has 3 unspecified atom stereocenters. The lowest BCUT2D eigenvalue weighted by Gasteiger charge is -2.24. The number of ether oxygens (including phenoxy) is 1. The Kier molecular flexibility index (Phi) is 4.67. The number of rotatable bonds is 1. The lowest BCUT2D eigenvalue weighted by molar-refractivity contribution is 0.119. The van der Waals surface area contributed by atoms with Crippen LogP contribution in [0.15, 0.2) is 53.3 Å². The van der Waals surface area contributed by atoms with E-state index in [0.717, 1.165) is 31.4 Å². The Morgan fingerprint density at radius 1 is 1.22 bits per heavy atom. The highest BCUT2D eigenvalue weighted by Crippen LogP contribution is 2.42. The number of aromatic hydroxyl groups is 1. The number of fused-ring (bicyclic) bond motifs is 2. The first-order valence-electron chi connectivity index (χ1n) is 10.1. The summed E-state index contributed by atoms with van der Waals surface area (Å²) in [4.78, 5) is 0. The van der Waals surface area contributed by atoms with Crippen molar-refractivity contribution in [3.05, 3.63) is 64.4 Å². The lowest BCUT2D eigenvalue weighted by atomic mass is 9.82. The minimum absolute atomic E-state index is 0.153. The van der Waals surface area contributed by atoms with E-state index in [-0.39, 0.29) is 17.6 Å². The number of hydrogen-bond acceptors (Lipinski definition) is 3. The van der Waals surface area contributed by atoms with E-state index in [2.05, 4.69) is 57.3 Å². The van der Waals surface area contributed by atoms with Crippen LogP contribution < -0.4 is 5.32 Å². The van der Waals surface area contributed by atoms with E-state index in [0.29, 0.717) is 11.7 Å². The maximum Gasteiger partial charge on any atom is 0.115 e. The summed E-state index contributed by atoms with van der Waals surface area (Å²) in [5.41, 5.74) is 6.52. The summed E-state index contributed by atoms with van der Waals surface area (Å²) in [7, 11) is 0. The van der Waals surface area contributed by atoms with Crippen LogP contribution >= 0.6 is 0 Å². The number of phenolic OH excluding ortho intramolecular Hbond substituents is 1. The van der Waals surface area contributed by atoms with E-state index < -0.39 is 0 Å². The molecule has 0 amide bonds. The predicted molar refractivity (Wildman–Crippen MR) is 110 cm³/mol. The highest BCUT2D eigenvalue weighted by atomic mass is 16.5. The molecule has 3 atom stereocenters. The monoisotopic (exact) mass is 365 g/mol. The van der Waals surface area contributed by atoms with Crippen LogP contribution in [0.1, 0.15) is 57.2 Å². The number of benzene rings is 1. The molecule has 144 valence electrons. The van der Waals surface area contributed by atoms with E-state index in [9.17, 15) is 5.11 Å². The fraction of sp³-hybridized carbons (Fsp3) is 0.500. The molecule has 1 aromatic rings. The van der Waals surface area contributed by atoms with Crippen molar-refractivity contribution in [2.24, 2.45) is 11.3 Å². The number of phenols is 1. The average Bonchev–Trinajstić information content (AvgIpc) is 2.85. The zero-order valence-corrected chi connectivity index (χ0v) is 16.9. The Hall–Kier alpha value is -2.00. The minimum atomic E-state index is 0.153. The molecule has 0 spiro atoms. The quantitative estimate of drug-likeness (QED) is 0.707. The molecule has 2 N–H and O–H groups in total. The molecule has 3 aliphatic rings. The van der Waals surface area contributed by atoms with Gasteiger partial charge in [-0.15, -0.1) is 0 Å². The maximum atomic E-state index is 9.80. The summed E-state index contributed by atoms with van der Waals surface area (Å²) in [6, 6.07) is 5.96. The van der Waals surface area contributed by atoms with Crippen LogP contribution in [0, 0.1) is 18.3 Å². The van der Waals surface area contributed by atoms with Crippen LogP contribution in [0.5, 0.6) is 5.75 Å². The van der Waals surface area contributed by atoms with Crippen molar-refractivity contribution in [3.63, 3.8) is 0 Å². The van der Waals surface area contributed by atoms with Gasteiger partial charge in [0.1, 0.15) is 5.75 Å². The van der Waals surface area contributed by atoms with Gasteiger partial charge in [0, 0.05) is 17.9 Å². The fourth-order valence-electron chi connectivity index (χ4n) is 4.64. The van der Waals surface area contributed by atoms with Gasteiger partial charge in [-0.1, -0.05) is 44.6 Å². The van der Waals surface area contributed by atoms with E-state index in [1.807, 2.05) is 6.07 Å². The Morgan fingerprint density at radius 3 is 2.78 bits per heavy atom. The topological polar surface area (TPSA) is 41.5 Å². The lowest BCUT2D eigenvalue weighted by Crippen LogP contribution is -2.21. The second-order valence-corrected chi connectivity index (χ2v) is 9.21. The molecule has 3 nitrogen and oxygen atoms in total. The number of nitrogens with one attached hydrogen (secondary N) is 1. The van der Waals surface area contributed by atoms with Gasteiger partial charge in [-0.2, -0.15) is 0 Å². The molecule has 2 heterocycles. The molecule has 4 rings (SSSR count). The number of aryl methyl sites for hydroxylation is 1. The van der Waals surface area contributed by atoms with Gasteiger partial charge in [-0.3, -0.25) is 0 Å². The largest absolute Gasteiger partial charge is 0.508 e. The third-order valence-corrected chi connectivity index (χ3v) is 6.24. The third-order valence-electron chi connectivity index (χ3n) is 6.24. The summed E-state index contributed by atoms with van der Waals surface area (Å²) in [6.07, 6.45) is 10.2. The molecule has 2 aliphatic heterocycles.